The smallest absolute Gasteiger partial charge is 0.230 e. The Morgan fingerprint density at radius 1 is 1.16 bits per heavy atom. The van der Waals surface area contributed by atoms with Crippen LogP contribution in [0.15, 0.2) is 23.5 Å². The van der Waals surface area contributed by atoms with Gasteiger partial charge in [0.2, 0.25) is 5.91 Å². The van der Waals surface area contributed by atoms with Crippen LogP contribution in [0.4, 0.5) is 0 Å². The third kappa shape index (κ3) is 3.50. The van der Waals surface area contributed by atoms with Crippen LogP contribution in [0.5, 0.6) is 5.75 Å². The van der Waals surface area contributed by atoms with Gasteiger partial charge < -0.3 is 36.2 Å². The van der Waals surface area contributed by atoms with Crippen LogP contribution in [0.3, 0.4) is 0 Å². The highest BCUT2D eigenvalue weighted by Crippen LogP contribution is 2.56. The van der Waals surface area contributed by atoms with Gasteiger partial charge in [0.25, 0.3) is 0 Å². The molecule has 7 N–H and O–H groups in total. The van der Waals surface area contributed by atoms with E-state index in [0.717, 1.165) is 0 Å². The molecule has 1 amide bonds. The molecule has 1 fully saturated rings. The fraction of sp³-hybridized carbons (Fsp3) is 0.577. The molecule has 1 saturated carbocycles. The van der Waals surface area contributed by atoms with Crippen LogP contribution in [0.25, 0.3) is 0 Å². The molecule has 10 nitrogen and oxygen atoms in total. The quantitative estimate of drug-likeness (QED) is 0.233. The maximum absolute atomic E-state index is 13.9. The van der Waals surface area contributed by atoms with E-state index in [9.17, 15) is 39.9 Å². The molecule has 202 valence electrons. The van der Waals surface area contributed by atoms with E-state index in [-0.39, 0.29) is 17.2 Å². The summed E-state index contributed by atoms with van der Waals surface area (Å²) in [4.78, 5) is 40.9. The van der Waals surface area contributed by atoms with Crippen molar-refractivity contribution < 1.29 is 39.9 Å². The second kappa shape index (κ2) is 8.78. The highest BCUT2D eigenvalue weighted by atomic mass is 35.5. The van der Waals surface area contributed by atoms with E-state index >= 15 is 0 Å². The first-order valence-corrected chi connectivity index (χ1v) is 12.6. The topological polar surface area (TPSA) is 182 Å². The lowest BCUT2D eigenvalue weighted by molar-refractivity contribution is -0.194. The van der Waals surface area contributed by atoms with E-state index in [0.29, 0.717) is 11.1 Å². The van der Waals surface area contributed by atoms with Gasteiger partial charge in [-0.25, -0.2) is 0 Å². The monoisotopic (exact) mass is 536 g/mol. The predicted octanol–water partition coefficient (Wildman–Crippen LogP) is 0.334. The highest BCUT2D eigenvalue weighted by Gasteiger charge is 2.69. The number of likely N-dealkylation sites (N-methyl/N-ethyl adjacent to an activating group) is 1. The zero-order valence-corrected chi connectivity index (χ0v) is 22.0. The SMILES string of the molecule is C[C@H]1c2ccc(C(C)(C)CCl)c(O)c2C(=O)C2=C(O)[C@]3(O)C(=O)C(C(N)=O)C(O)[C@@H](N(C)C)[C@@H]3[C@@H](O)[C@@H]21. The van der Waals surface area contributed by atoms with Crippen molar-refractivity contribution in [2.75, 3.05) is 20.0 Å². The van der Waals surface area contributed by atoms with Crippen molar-refractivity contribution in [1.82, 2.24) is 4.90 Å². The number of ketones is 2. The van der Waals surface area contributed by atoms with Gasteiger partial charge in [-0.3, -0.25) is 14.4 Å². The van der Waals surface area contributed by atoms with Gasteiger partial charge in [-0.1, -0.05) is 32.9 Å². The molecule has 3 aliphatic carbocycles. The number of nitrogens with two attached hydrogens (primary N) is 1. The summed E-state index contributed by atoms with van der Waals surface area (Å²) in [7, 11) is 3.04. The standard InChI is InChI=1S/C26H33ClN2O8/c1-9-10-6-7-11(25(2,3)8-27)18(30)13(10)19(31)14-12(9)20(32)16-17(29(4)5)21(33)15(24(28)36)23(35)26(16,37)22(14)34/h6-7,9,12,15-17,20-21,30,32-34,37H,8H2,1-5H3,(H2,28,36)/t9-,12+,15?,16+,17-,20-,21?,26-/m0/s1. The molecule has 0 aromatic heterocycles. The Balaban J connectivity index is 2.02. The number of rotatable bonds is 4. The van der Waals surface area contributed by atoms with Gasteiger partial charge >= 0.3 is 0 Å². The third-order valence-corrected chi connectivity index (χ3v) is 9.23. The van der Waals surface area contributed by atoms with Crippen LogP contribution in [0.1, 0.15) is 48.2 Å². The Morgan fingerprint density at radius 2 is 1.76 bits per heavy atom. The lowest BCUT2D eigenvalue weighted by Crippen LogP contribution is -2.74. The van der Waals surface area contributed by atoms with E-state index in [2.05, 4.69) is 0 Å². The molecule has 0 saturated heterocycles. The molecule has 8 atom stereocenters. The van der Waals surface area contributed by atoms with E-state index in [1.807, 2.05) is 0 Å². The number of alkyl halides is 1. The summed E-state index contributed by atoms with van der Waals surface area (Å²) in [5, 5.41) is 56.9. The first-order chi connectivity index (χ1) is 17.0. The molecule has 3 aliphatic rings. The molecular weight excluding hydrogens is 504 g/mol. The highest BCUT2D eigenvalue weighted by molar-refractivity contribution is 6.19. The van der Waals surface area contributed by atoms with Gasteiger partial charge in [-0.2, -0.15) is 0 Å². The van der Waals surface area contributed by atoms with Crippen molar-refractivity contribution >= 4 is 29.1 Å². The minimum atomic E-state index is -2.88. The number of phenols is 1. The van der Waals surface area contributed by atoms with Crippen LogP contribution in [0, 0.1) is 17.8 Å². The Kier molecular flexibility index (Phi) is 6.53. The Hall–Kier alpha value is -2.50. The average molecular weight is 537 g/mol. The molecule has 1 aromatic rings. The van der Waals surface area contributed by atoms with Crippen molar-refractivity contribution in [3.05, 3.63) is 40.2 Å². The summed E-state index contributed by atoms with van der Waals surface area (Å²) in [5.74, 6) is -9.70. The second-order valence-electron chi connectivity index (χ2n) is 11.3. The summed E-state index contributed by atoms with van der Waals surface area (Å²) in [6.45, 7) is 5.26. The first kappa shape index (κ1) is 27.5. The molecular formula is C26H33ClN2O8. The Labute approximate surface area is 219 Å². The number of aromatic hydroxyl groups is 1. The van der Waals surface area contributed by atoms with Crippen LogP contribution < -0.4 is 5.73 Å². The first-order valence-electron chi connectivity index (χ1n) is 12.0. The maximum atomic E-state index is 13.9. The van der Waals surface area contributed by atoms with E-state index in [1.165, 1.54) is 19.0 Å². The number of primary amides is 1. The Morgan fingerprint density at radius 3 is 2.27 bits per heavy atom. The van der Waals surface area contributed by atoms with Gasteiger partial charge in [-0.15, -0.1) is 11.6 Å². The number of aliphatic hydroxyl groups is 4. The molecule has 0 spiro atoms. The fourth-order valence-corrected chi connectivity index (χ4v) is 6.74. The second-order valence-corrected chi connectivity index (χ2v) is 11.6. The van der Waals surface area contributed by atoms with Crippen LogP contribution in [-0.4, -0.2) is 91.7 Å². The molecule has 2 unspecified atom stereocenters. The van der Waals surface area contributed by atoms with Crippen molar-refractivity contribution in [2.45, 2.75) is 56.0 Å². The summed E-state index contributed by atoms with van der Waals surface area (Å²) in [6.07, 6.45) is -3.27. The van der Waals surface area contributed by atoms with Gasteiger partial charge in [0.1, 0.15) is 17.4 Å². The van der Waals surface area contributed by atoms with Gasteiger partial charge in [-0.05, 0) is 25.6 Å². The molecule has 0 bridgehead atoms. The number of amides is 1. The average Bonchev–Trinajstić information content (AvgIpc) is 2.80. The number of Topliss-reactive ketones (excluding diaryl/α,β-unsaturated/α-hetero) is 2. The molecule has 11 heteroatoms. The van der Waals surface area contributed by atoms with Crippen molar-refractivity contribution in [3.63, 3.8) is 0 Å². The normalized spacial score (nSPS) is 35.8. The third-order valence-electron chi connectivity index (χ3n) is 8.56. The predicted molar refractivity (Wildman–Crippen MR) is 133 cm³/mol. The largest absolute Gasteiger partial charge is 0.508 e. The zero-order chi connectivity index (χ0) is 27.9. The van der Waals surface area contributed by atoms with Crippen LogP contribution >= 0.6 is 11.6 Å². The summed E-state index contributed by atoms with van der Waals surface area (Å²) in [6, 6.07) is 2.15. The summed E-state index contributed by atoms with van der Waals surface area (Å²) in [5.41, 5.74) is 2.07. The molecule has 4 rings (SSSR count). The number of hydrogen-bond donors (Lipinski definition) is 6. The number of phenolic OH excluding ortho intramolecular Hbond substituents is 1. The van der Waals surface area contributed by atoms with Crippen molar-refractivity contribution in [3.8, 4) is 5.75 Å². The molecule has 37 heavy (non-hydrogen) atoms. The van der Waals surface area contributed by atoms with Crippen molar-refractivity contribution in [2.24, 2.45) is 23.5 Å². The van der Waals surface area contributed by atoms with E-state index in [1.54, 1.807) is 32.9 Å². The molecule has 0 aliphatic heterocycles. The van der Waals surface area contributed by atoms with E-state index < -0.39 is 81.7 Å². The van der Waals surface area contributed by atoms with E-state index in [4.69, 9.17) is 17.3 Å². The lowest BCUT2D eigenvalue weighted by Gasteiger charge is -2.56. The molecule has 0 radical (unpaired) electrons. The number of halogens is 1. The number of benzene rings is 1. The number of carbonyl (C=O) groups is 3. The summed E-state index contributed by atoms with van der Waals surface area (Å²) >= 11 is 6.09. The minimum Gasteiger partial charge on any atom is -0.508 e. The van der Waals surface area contributed by atoms with Crippen molar-refractivity contribution in [1.29, 1.82) is 0 Å². The molecule has 0 heterocycles. The van der Waals surface area contributed by atoms with Gasteiger partial charge in [0.15, 0.2) is 17.2 Å². The zero-order valence-electron chi connectivity index (χ0n) is 21.3. The number of nitrogens with zero attached hydrogens (tertiary/aromatic N) is 1. The minimum absolute atomic E-state index is 0.117. The number of hydrogen-bond acceptors (Lipinski definition) is 9. The summed E-state index contributed by atoms with van der Waals surface area (Å²) < 4.78 is 0. The molecule has 1 aromatic carbocycles. The van der Waals surface area contributed by atoms with Gasteiger partial charge in [0.05, 0.1) is 17.8 Å². The maximum Gasteiger partial charge on any atom is 0.230 e. The fourth-order valence-electron chi connectivity index (χ4n) is 6.59. The lowest BCUT2D eigenvalue weighted by atomic mass is 9.53. The number of fused-ring (bicyclic) bond motifs is 3. The Bertz CT molecular complexity index is 1230. The van der Waals surface area contributed by atoms with Crippen LogP contribution in [-0.2, 0) is 15.0 Å². The number of carbonyl (C=O) groups excluding carboxylic acids is 3. The van der Waals surface area contributed by atoms with Gasteiger partial charge in [0, 0.05) is 40.3 Å². The van der Waals surface area contributed by atoms with Crippen LogP contribution in [0.2, 0.25) is 0 Å². The number of aliphatic hydroxyl groups excluding tert-OH is 3.